The molecule has 0 aromatic heterocycles. The molecule has 1 aromatic carbocycles. The predicted molar refractivity (Wildman–Crippen MR) is 76.5 cm³/mol. The predicted octanol–water partition coefficient (Wildman–Crippen LogP) is 3.22. The number of carbonyl (C=O) groups is 1. The zero-order valence-electron chi connectivity index (χ0n) is 11.4. The summed E-state index contributed by atoms with van der Waals surface area (Å²) in [5.41, 5.74) is 0. The first-order valence-corrected chi connectivity index (χ1v) is 7.10. The number of nitrogens with zero attached hydrogens (tertiary/aromatic N) is 1. The average molecular weight is 282 g/mol. The summed E-state index contributed by atoms with van der Waals surface area (Å²) in [6.45, 7) is 6.22. The Morgan fingerprint density at radius 2 is 2.00 bits per heavy atom. The summed E-state index contributed by atoms with van der Waals surface area (Å²) < 4.78 is 5.49. The number of piperidine rings is 1. The number of ether oxygens (including phenoxy) is 1. The van der Waals surface area contributed by atoms with Gasteiger partial charge in [0.15, 0.2) is 6.61 Å². The zero-order chi connectivity index (χ0) is 13.8. The van der Waals surface area contributed by atoms with Crippen molar-refractivity contribution in [3.63, 3.8) is 0 Å². The largest absolute Gasteiger partial charge is 0.484 e. The van der Waals surface area contributed by atoms with Crippen molar-refractivity contribution in [1.82, 2.24) is 4.90 Å². The summed E-state index contributed by atoms with van der Waals surface area (Å²) in [4.78, 5) is 14.0. The highest BCUT2D eigenvalue weighted by Gasteiger charge is 2.25. The van der Waals surface area contributed by atoms with Gasteiger partial charge in [-0.25, -0.2) is 0 Å². The molecule has 0 spiro atoms. The third kappa shape index (κ3) is 3.87. The van der Waals surface area contributed by atoms with Gasteiger partial charge in [0.05, 0.1) is 0 Å². The van der Waals surface area contributed by atoms with Crippen LogP contribution in [0.25, 0.3) is 0 Å². The Morgan fingerprint density at radius 1 is 1.32 bits per heavy atom. The van der Waals surface area contributed by atoms with E-state index in [2.05, 4.69) is 13.8 Å². The van der Waals surface area contributed by atoms with Crippen LogP contribution in [0.5, 0.6) is 5.75 Å². The standard InChI is InChI=1S/C15H20ClNO2/c1-11-7-8-17(9-12(11)2)15(18)10-19-14-5-3-13(16)4-6-14/h3-6,11-12H,7-10H2,1-2H3. The topological polar surface area (TPSA) is 29.5 Å². The van der Waals surface area contributed by atoms with Crippen LogP contribution in [0.2, 0.25) is 5.02 Å². The smallest absolute Gasteiger partial charge is 0.260 e. The van der Waals surface area contributed by atoms with Gasteiger partial charge < -0.3 is 9.64 Å². The number of rotatable bonds is 3. The Hall–Kier alpha value is -1.22. The molecule has 1 aliphatic rings. The number of hydrogen-bond acceptors (Lipinski definition) is 2. The maximum absolute atomic E-state index is 12.1. The summed E-state index contributed by atoms with van der Waals surface area (Å²) in [5.74, 6) is 2.00. The minimum atomic E-state index is 0.0636. The number of carbonyl (C=O) groups excluding carboxylic acids is 1. The van der Waals surface area contributed by atoms with E-state index in [4.69, 9.17) is 16.3 Å². The normalized spacial score (nSPS) is 23.2. The van der Waals surface area contributed by atoms with Gasteiger partial charge >= 0.3 is 0 Å². The van der Waals surface area contributed by atoms with Gasteiger partial charge in [0.2, 0.25) is 0 Å². The lowest BCUT2D eigenvalue weighted by molar-refractivity contribution is -0.135. The summed E-state index contributed by atoms with van der Waals surface area (Å²) in [7, 11) is 0. The lowest BCUT2D eigenvalue weighted by Gasteiger charge is -2.35. The van der Waals surface area contributed by atoms with Gasteiger partial charge in [0.1, 0.15) is 5.75 Å². The summed E-state index contributed by atoms with van der Waals surface area (Å²) in [5, 5.41) is 0.664. The Bertz CT molecular complexity index is 432. The van der Waals surface area contributed by atoms with Crippen molar-refractivity contribution in [1.29, 1.82) is 0 Å². The Balaban J connectivity index is 1.83. The van der Waals surface area contributed by atoms with Crippen molar-refractivity contribution in [2.24, 2.45) is 11.8 Å². The molecule has 1 saturated heterocycles. The molecule has 19 heavy (non-hydrogen) atoms. The molecule has 0 aliphatic carbocycles. The monoisotopic (exact) mass is 281 g/mol. The summed E-state index contributed by atoms with van der Waals surface area (Å²) in [6, 6.07) is 7.06. The summed E-state index contributed by atoms with van der Waals surface area (Å²) >= 11 is 5.80. The number of benzene rings is 1. The zero-order valence-corrected chi connectivity index (χ0v) is 12.2. The van der Waals surface area contributed by atoms with Crippen LogP contribution < -0.4 is 4.74 Å². The van der Waals surface area contributed by atoms with Crippen LogP contribution in [-0.4, -0.2) is 30.5 Å². The van der Waals surface area contributed by atoms with Gasteiger partial charge in [-0.1, -0.05) is 25.4 Å². The Kier molecular flexibility index (Phi) is 4.70. The number of halogens is 1. The van der Waals surface area contributed by atoms with E-state index in [0.29, 0.717) is 22.6 Å². The Morgan fingerprint density at radius 3 is 2.63 bits per heavy atom. The lowest BCUT2D eigenvalue weighted by atomic mass is 9.89. The van der Waals surface area contributed by atoms with Crippen LogP contribution in [0.1, 0.15) is 20.3 Å². The molecule has 0 saturated carbocycles. The van der Waals surface area contributed by atoms with Crippen molar-refractivity contribution in [2.75, 3.05) is 19.7 Å². The number of amides is 1. The maximum Gasteiger partial charge on any atom is 0.260 e. The highest BCUT2D eigenvalue weighted by Crippen LogP contribution is 2.22. The molecule has 3 nitrogen and oxygen atoms in total. The average Bonchev–Trinajstić information content (AvgIpc) is 2.41. The van der Waals surface area contributed by atoms with Crippen LogP contribution in [0, 0.1) is 11.8 Å². The first-order chi connectivity index (χ1) is 9.06. The maximum atomic E-state index is 12.1. The third-order valence-corrected chi connectivity index (χ3v) is 4.11. The van der Waals surface area contributed by atoms with Crippen LogP contribution in [0.4, 0.5) is 0 Å². The molecule has 1 aliphatic heterocycles. The lowest BCUT2D eigenvalue weighted by Crippen LogP contribution is -2.44. The first-order valence-electron chi connectivity index (χ1n) is 6.72. The van der Waals surface area contributed by atoms with Crippen LogP contribution in [0.15, 0.2) is 24.3 Å². The molecule has 104 valence electrons. The fraction of sp³-hybridized carbons (Fsp3) is 0.533. The third-order valence-electron chi connectivity index (χ3n) is 3.86. The van der Waals surface area contributed by atoms with Crippen LogP contribution >= 0.6 is 11.6 Å². The SMILES string of the molecule is CC1CCN(C(=O)COc2ccc(Cl)cc2)CC1C. The van der Waals surface area contributed by atoms with E-state index in [1.165, 1.54) is 0 Å². The van der Waals surface area contributed by atoms with Gasteiger partial charge in [-0.15, -0.1) is 0 Å². The van der Waals surface area contributed by atoms with Gasteiger partial charge in [-0.3, -0.25) is 4.79 Å². The highest BCUT2D eigenvalue weighted by molar-refractivity contribution is 6.30. The van der Waals surface area contributed by atoms with E-state index in [1.54, 1.807) is 24.3 Å². The van der Waals surface area contributed by atoms with E-state index in [0.717, 1.165) is 19.5 Å². The van der Waals surface area contributed by atoms with Crippen LogP contribution in [-0.2, 0) is 4.79 Å². The van der Waals surface area contributed by atoms with E-state index in [9.17, 15) is 4.79 Å². The summed E-state index contributed by atoms with van der Waals surface area (Å²) in [6.07, 6.45) is 1.08. The van der Waals surface area contributed by atoms with Crippen molar-refractivity contribution in [2.45, 2.75) is 20.3 Å². The minimum absolute atomic E-state index is 0.0636. The van der Waals surface area contributed by atoms with Crippen LogP contribution in [0.3, 0.4) is 0 Å². The molecule has 2 atom stereocenters. The van der Waals surface area contributed by atoms with E-state index in [1.807, 2.05) is 4.90 Å². The molecule has 0 N–H and O–H groups in total. The molecule has 1 aromatic rings. The molecule has 1 amide bonds. The molecule has 1 heterocycles. The first kappa shape index (κ1) is 14.2. The molecular weight excluding hydrogens is 262 g/mol. The van der Waals surface area contributed by atoms with Crippen molar-refractivity contribution in [3.8, 4) is 5.75 Å². The quantitative estimate of drug-likeness (QED) is 0.851. The second-order valence-electron chi connectivity index (χ2n) is 5.33. The molecule has 0 radical (unpaired) electrons. The molecule has 0 bridgehead atoms. The van der Waals surface area contributed by atoms with E-state index >= 15 is 0 Å². The molecule has 4 heteroatoms. The highest BCUT2D eigenvalue weighted by atomic mass is 35.5. The molecular formula is C15H20ClNO2. The minimum Gasteiger partial charge on any atom is -0.484 e. The van der Waals surface area contributed by atoms with E-state index < -0.39 is 0 Å². The molecule has 2 rings (SSSR count). The fourth-order valence-electron chi connectivity index (χ4n) is 2.26. The van der Waals surface area contributed by atoms with Crippen molar-refractivity contribution >= 4 is 17.5 Å². The van der Waals surface area contributed by atoms with Gasteiger partial charge in [-0.2, -0.15) is 0 Å². The van der Waals surface area contributed by atoms with Gasteiger partial charge in [0.25, 0.3) is 5.91 Å². The Labute approximate surface area is 119 Å². The number of likely N-dealkylation sites (tertiary alicyclic amines) is 1. The molecule has 1 fully saturated rings. The second kappa shape index (κ2) is 6.29. The van der Waals surface area contributed by atoms with Gasteiger partial charge in [-0.05, 0) is 42.5 Å². The van der Waals surface area contributed by atoms with Crippen molar-refractivity contribution in [3.05, 3.63) is 29.3 Å². The van der Waals surface area contributed by atoms with Gasteiger partial charge in [0, 0.05) is 18.1 Å². The molecule has 2 unspecified atom stereocenters. The van der Waals surface area contributed by atoms with Crippen molar-refractivity contribution < 1.29 is 9.53 Å². The second-order valence-corrected chi connectivity index (χ2v) is 5.76. The van der Waals surface area contributed by atoms with E-state index in [-0.39, 0.29) is 12.5 Å². The fourth-order valence-corrected chi connectivity index (χ4v) is 2.38. The number of hydrogen-bond donors (Lipinski definition) is 0.